The molecule has 2 aliphatic heterocycles. The normalized spacial score (nSPS) is 24.7. The zero-order valence-corrected chi connectivity index (χ0v) is 20.8. The van der Waals surface area contributed by atoms with Crippen LogP contribution in [0, 0.1) is 0 Å². The lowest BCUT2D eigenvalue weighted by atomic mass is 9.99. The van der Waals surface area contributed by atoms with Crippen LogP contribution in [0.3, 0.4) is 0 Å². The predicted molar refractivity (Wildman–Crippen MR) is 130 cm³/mol. The third-order valence-corrected chi connectivity index (χ3v) is 5.80. The summed E-state index contributed by atoms with van der Waals surface area (Å²) in [5, 5.41) is 9.46. The van der Waals surface area contributed by atoms with Gasteiger partial charge in [-0.25, -0.2) is 4.79 Å². The second kappa shape index (κ2) is 14.1. The number of ether oxygens (including phenoxy) is 4. The van der Waals surface area contributed by atoms with Gasteiger partial charge in [0.1, 0.15) is 18.3 Å². The van der Waals surface area contributed by atoms with Crippen LogP contribution in [0.2, 0.25) is 10.0 Å². The van der Waals surface area contributed by atoms with Gasteiger partial charge in [0.25, 0.3) is 0 Å². The van der Waals surface area contributed by atoms with Crippen molar-refractivity contribution in [2.75, 3.05) is 20.3 Å². The Morgan fingerprint density at radius 3 is 2.42 bits per heavy atom. The van der Waals surface area contributed by atoms with E-state index in [4.69, 9.17) is 48.3 Å². The number of rotatable bonds is 2. The van der Waals surface area contributed by atoms with Gasteiger partial charge in [0.15, 0.2) is 6.29 Å². The Morgan fingerprint density at radius 2 is 1.88 bits per heavy atom. The standard InChI is InChI=1S/C13H17NO3.C6H4Cl2S.C4H8O3/c14-10-6-7-15-11-8-16-13(17-12(10)11)9-4-2-1-3-5-9;7-5-2-1-4(9)3-6(5)8;1-3(5)4(6)7-2/h1-5,10-13H,6-8,14H2;1-3,9H;3,5H,1-2H3. The van der Waals surface area contributed by atoms with Crippen LogP contribution in [0.25, 0.3) is 0 Å². The lowest BCUT2D eigenvalue weighted by Gasteiger charge is -2.42. The summed E-state index contributed by atoms with van der Waals surface area (Å²) in [6, 6.07) is 15.2. The summed E-state index contributed by atoms with van der Waals surface area (Å²) in [5.74, 6) is -0.597. The van der Waals surface area contributed by atoms with E-state index in [1.807, 2.05) is 30.3 Å². The number of carbonyl (C=O) groups excluding carboxylic acids is 1. The molecular formula is C23H29Cl2NO6S. The largest absolute Gasteiger partial charge is 0.467 e. The minimum absolute atomic E-state index is 0.0151. The molecule has 10 heteroatoms. The maximum absolute atomic E-state index is 10.0. The first kappa shape index (κ1) is 27.9. The number of hydrogen-bond donors (Lipinski definition) is 3. The van der Waals surface area contributed by atoms with Gasteiger partial charge in [-0.1, -0.05) is 53.5 Å². The molecular weight excluding hydrogens is 489 g/mol. The lowest BCUT2D eigenvalue weighted by molar-refractivity contribution is -0.281. The van der Waals surface area contributed by atoms with Crippen molar-refractivity contribution >= 4 is 41.8 Å². The first-order chi connectivity index (χ1) is 15.7. The molecule has 0 spiro atoms. The maximum Gasteiger partial charge on any atom is 0.334 e. The van der Waals surface area contributed by atoms with Gasteiger partial charge < -0.3 is 29.8 Å². The van der Waals surface area contributed by atoms with E-state index in [1.165, 1.54) is 14.0 Å². The number of aliphatic hydroxyl groups excluding tert-OH is 1. The third kappa shape index (κ3) is 9.07. The molecule has 2 aromatic carbocycles. The first-order valence-corrected chi connectivity index (χ1v) is 11.5. The number of thiol groups is 1. The van der Waals surface area contributed by atoms with Crippen LogP contribution in [0.15, 0.2) is 53.4 Å². The van der Waals surface area contributed by atoms with Crippen LogP contribution in [0.1, 0.15) is 25.2 Å². The van der Waals surface area contributed by atoms with Crippen molar-refractivity contribution in [3.05, 3.63) is 64.1 Å². The van der Waals surface area contributed by atoms with Gasteiger partial charge >= 0.3 is 5.97 Å². The zero-order valence-electron chi connectivity index (χ0n) is 18.4. The molecule has 0 aliphatic carbocycles. The Bertz CT molecular complexity index is 873. The van der Waals surface area contributed by atoms with Crippen LogP contribution < -0.4 is 5.73 Å². The summed E-state index contributed by atoms with van der Waals surface area (Å²) in [5.41, 5.74) is 7.10. The van der Waals surface area contributed by atoms with E-state index in [-0.39, 0.29) is 24.5 Å². The van der Waals surface area contributed by atoms with Crippen molar-refractivity contribution in [1.29, 1.82) is 0 Å². The van der Waals surface area contributed by atoms with Gasteiger partial charge in [0.2, 0.25) is 0 Å². The SMILES string of the molecule is COC(=O)C(C)O.NC1CCOC2COC(c3ccccc3)OC12.Sc1ccc(Cl)c(Cl)c1. The van der Waals surface area contributed by atoms with Crippen LogP contribution in [0.5, 0.6) is 0 Å². The number of esters is 1. The van der Waals surface area contributed by atoms with Gasteiger partial charge in [-0.3, -0.25) is 0 Å². The third-order valence-electron chi connectivity index (χ3n) is 4.78. The topological polar surface area (TPSA) is 100 Å². The van der Waals surface area contributed by atoms with E-state index >= 15 is 0 Å². The fourth-order valence-electron chi connectivity index (χ4n) is 3.03. The van der Waals surface area contributed by atoms with Crippen LogP contribution in [-0.2, 0) is 23.7 Å². The van der Waals surface area contributed by atoms with Gasteiger partial charge in [-0.05, 0) is 31.5 Å². The minimum atomic E-state index is -0.995. The summed E-state index contributed by atoms with van der Waals surface area (Å²) < 4.78 is 21.3. The summed E-state index contributed by atoms with van der Waals surface area (Å²) in [7, 11) is 1.23. The Hall–Kier alpha value is -1.36. The highest BCUT2D eigenvalue weighted by Crippen LogP contribution is 2.31. The molecule has 2 saturated heterocycles. The number of hydrogen-bond acceptors (Lipinski definition) is 8. The molecule has 2 fully saturated rings. The zero-order chi connectivity index (χ0) is 24.4. The Labute approximate surface area is 209 Å². The summed E-state index contributed by atoms with van der Waals surface area (Å²) in [4.78, 5) is 10.9. The molecule has 3 N–H and O–H groups in total. The number of carbonyl (C=O) groups is 1. The molecule has 5 atom stereocenters. The molecule has 2 aromatic rings. The molecule has 33 heavy (non-hydrogen) atoms. The van der Waals surface area contributed by atoms with Crippen molar-refractivity contribution in [2.45, 2.75) is 48.9 Å². The Balaban J connectivity index is 0.000000203. The number of halogens is 2. The molecule has 0 amide bonds. The second-order valence-electron chi connectivity index (χ2n) is 7.34. The van der Waals surface area contributed by atoms with Crippen molar-refractivity contribution in [3.63, 3.8) is 0 Å². The van der Waals surface area contributed by atoms with Gasteiger partial charge in [0.05, 0.1) is 23.8 Å². The highest BCUT2D eigenvalue weighted by Gasteiger charge is 2.39. The fourth-order valence-corrected chi connectivity index (χ4v) is 3.60. The second-order valence-corrected chi connectivity index (χ2v) is 8.67. The first-order valence-electron chi connectivity index (χ1n) is 10.3. The van der Waals surface area contributed by atoms with Gasteiger partial charge in [0, 0.05) is 23.1 Å². The number of benzene rings is 2. The molecule has 0 radical (unpaired) electrons. The number of nitrogens with two attached hydrogens (primary N) is 1. The molecule has 182 valence electrons. The summed E-state index contributed by atoms with van der Waals surface area (Å²) in [6.07, 6.45) is -0.528. The van der Waals surface area contributed by atoms with Gasteiger partial charge in [-0.2, -0.15) is 0 Å². The van der Waals surface area contributed by atoms with E-state index in [1.54, 1.807) is 18.2 Å². The molecule has 0 aromatic heterocycles. The average molecular weight is 518 g/mol. The van der Waals surface area contributed by atoms with Crippen molar-refractivity contribution in [3.8, 4) is 0 Å². The van der Waals surface area contributed by atoms with Crippen LogP contribution in [-0.4, -0.2) is 55.8 Å². The summed E-state index contributed by atoms with van der Waals surface area (Å²) in [6.45, 7) is 2.61. The molecule has 7 nitrogen and oxygen atoms in total. The molecule has 0 saturated carbocycles. The molecule has 2 heterocycles. The highest BCUT2D eigenvalue weighted by atomic mass is 35.5. The smallest absolute Gasteiger partial charge is 0.334 e. The Morgan fingerprint density at radius 1 is 1.18 bits per heavy atom. The van der Waals surface area contributed by atoms with E-state index < -0.39 is 12.1 Å². The molecule has 2 aliphatic rings. The molecule has 5 unspecified atom stereocenters. The average Bonchev–Trinajstić information content (AvgIpc) is 2.82. The van der Waals surface area contributed by atoms with Crippen LogP contribution >= 0.6 is 35.8 Å². The van der Waals surface area contributed by atoms with E-state index in [0.717, 1.165) is 16.9 Å². The predicted octanol–water partition coefficient (Wildman–Crippen LogP) is 4.04. The molecule has 0 bridgehead atoms. The fraction of sp³-hybridized carbons (Fsp3) is 0.435. The van der Waals surface area contributed by atoms with Gasteiger partial charge in [-0.15, -0.1) is 12.6 Å². The lowest BCUT2D eigenvalue weighted by Crippen LogP contribution is -2.55. The van der Waals surface area contributed by atoms with Crippen molar-refractivity contribution < 1.29 is 28.8 Å². The van der Waals surface area contributed by atoms with Crippen molar-refractivity contribution in [1.82, 2.24) is 0 Å². The van der Waals surface area contributed by atoms with E-state index in [2.05, 4.69) is 17.4 Å². The number of aliphatic hydroxyl groups is 1. The Kier molecular flexibility index (Phi) is 11.9. The van der Waals surface area contributed by atoms with E-state index in [9.17, 15) is 4.79 Å². The quantitative estimate of drug-likeness (QED) is 0.408. The highest BCUT2D eigenvalue weighted by molar-refractivity contribution is 7.80. The van der Waals surface area contributed by atoms with Crippen LogP contribution in [0.4, 0.5) is 0 Å². The maximum atomic E-state index is 10.0. The monoisotopic (exact) mass is 517 g/mol. The molecule has 4 rings (SSSR count). The minimum Gasteiger partial charge on any atom is -0.467 e. The summed E-state index contributed by atoms with van der Waals surface area (Å²) >= 11 is 15.3. The number of fused-ring (bicyclic) bond motifs is 1. The number of methoxy groups -OCH3 is 1. The van der Waals surface area contributed by atoms with Crippen molar-refractivity contribution in [2.24, 2.45) is 5.73 Å². The van der Waals surface area contributed by atoms with E-state index in [0.29, 0.717) is 23.3 Å².